The third kappa shape index (κ3) is 12.1. The molecule has 1 amide bonds. The number of carbonyl (C=O) groups is 3. The number of aromatic nitrogens is 2. The van der Waals surface area contributed by atoms with Crippen molar-refractivity contribution in [3.8, 4) is 17.1 Å². The fraction of sp³-hybridized carbons (Fsp3) is 0.208. The minimum absolute atomic E-state index is 0.0393. The molecule has 0 aliphatic rings. The maximum Gasteiger partial charge on any atom is 0.490 e. The number of aromatic hydroxyl groups is 1. The number of imidazole rings is 1. The summed E-state index contributed by atoms with van der Waals surface area (Å²) < 4.78 is 63.5. The van der Waals surface area contributed by atoms with Gasteiger partial charge in [0.05, 0.1) is 0 Å². The van der Waals surface area contributed by atoms with Gasteiger partial charge in [0.15, 0.2) is 0 Å². The largest absolute Gasteiger partial charge is 0.508 e. The molecule has 0 aliphatic heterocycles. The van der Waals surface area contributed by atoms with E-state index < -0.39 is 24.3 Å². The number of phenols is 1. The summed E-state index contributed by atoms with van der Waals surface area (Å²) in [5, 5.41) is 34.5. The lowest BCUT2D eigenvalue weighted by atomic mass is 10.0. The number of aliphatic carboxylic acids is 2. The Morgan fingerprint density at radius 2 is 1.44 bits per heavy atom. The summed E-state index contributed by atoms with van der Waals surface area (Å²) in [6, 6.07) is 12.1. The van der Waals surface area contributed by atoms with Gasteiger partial charge in [-0.05, 0) is 48.7 Å². The highest BCUT2D eigenvalue weighted by Crippen LogP contribution is 2.20. The van der Waals surface area contributed by atoms with E-state index in [1.54, 1.807) is 36.7 Å². The fourth-order valence-corrected chi connectivity index (χ4v) is 2.74. The third-order valence-electron chi connectivity index (χ3n) is 4.70. The van der Waals surface area contributed by atoms with Crippen molar-refractivity contribution < 1.29 is 56.0 Å². The molecule has 3 aromatic rings. The summed E-state index contributed by atoms with van der Waals surface area (Å²) in [6.07, 6.45) is -5.50. The van der Waals surface area contributed by atoms with E-state index in [0.29, 0.717) is 36.1 Å². The van der Waals surface area contributed by atoms with Gasteiger partial charge in [-0.25, -0.2) is 14.6 Å². The molecule has 3 rings (SSSR count). The van der Waals surface area contributed by atoms with E-state index in [1.165, 1.54) is 6.07 Å². The normalized spacial score (nSPS) is 10.8. The van der Waals surface area contributed by atoms with Crippen molar-refractivity contribution in [2.24, 2.45) is 5.73 Å². The smallest absolute Gasteiger partial charge is 0.490 e. The summed E-state index contributed by atoms with van der Waals surface area (Å²) in [5.74, 6) is -4.78. The predicted octanol–water partition coefficient (Wildman–Crippen LogP) is 3.70. The number of hydrogen-bond acceptors (Lipinski definition) is 6. The van der Waals surface area contributed by atoms with Crippen LogP contribution in [-0.2, 0) is 16.0 Å². The molecular formula is C24H23F6N5O6. The first-order valence-electron chi connectivity index (χ1n) is 11.1. The zero-order chi connectivity index (χ0) is 31.4. The monoisotopic (exact) mass is 591 g/mol. The van der Waals surface area contributed by atoms with Crippen LogP contribution in [0.4, 0.5) is 26.3 Å². The number of nitrogens with two attached hydrogens (primary N) is 1. The van der Waals surface area contributed by atoms with Gasteiger partial charge in [-0.2, -0.15) is 26.3 Å². The molecule has 0 atom stereocenters. The number of hydrogen-bond donors (Lipinski definition) is 7. The lowest BCUT2D eigenvalue weighted by Crippen LogP contribution is -2.24. The number of nitrogen functional groups attached to an aromatic ring is 1. The quantitative estimate of drug-likeness (QED) is 0.0932. The molecule has 0 fully saturated rings. The average Bonchev–Trinajstić information content (AvgIpc) is 3.42. The fourth-order valence-electron chi connectivity index (χ4n) is 2.74. The molecule has 222 valence electrons. The zero-order valence-corrected chi connectivity index (χ0v) is 20.7. The first kappa shape index (κ1) is 33.9. The Balaban J connectivity index is 0.000000497. The van der Waals surface area contributed by atoms with Crippen LogP contribution >= 0.6 is 0 Å². The van der Waals surface area contributed by atoms with Crippen LogP contribution in [0.15, 0.2) is 54.9 Å². The van der Waals surface area contributed by atoms with Gasteiger partial charge < -0.3 is 31.4 Å². The van der Waals surface area contributed by atoms with Gasteiger partial charge >= 0.3 is 24.3 Å². The number of phenolic OH excluding ortho intramolecular Hbond substituents is 1. The summed E-state index contributed by atoms with van der Waals surface area (Å²) in [5.41, 5.74) is 8.24. The number of benzene rings is 2. The summed E-state index contributed by atoms with van der Waals surface area (Å²) >= 11 is 0. The van der Waals surface area contributed by atoms with Crippen LogP contribution in [-0.4, -0.2) is 67.9 Å². The Kier molecular flexibility index (Phi) is 12.3. The zero-order valence-electron chi connectivity index (χ0n) is 20.7. The number of H-pyrrole nitrogens is 1. The molecule has 11 nitrogen and oxygen atoms in total. The number of rotatable bonds is 7. The van der Waals surface area contributed by atoms with Crippen LogP contribution in [0.25, 0.3) is 11.4 Å². The summed E-state index contributed by atoms with van der Waals surface area (Å²) in [4.78, 5) is 37.2. The standard InChI is InChI=1S/C20H21N5O2.2C2HF3O2/c21-18(22)16-7-8-17(26)15(12-16)2-1-9-25-20(27)14-5-3-13(4-6-14)19-23-10-11-24-19;2*3-2(4,5)1(6)7/h3-8,10-12,26H,1-2,9H2,(H3,21,22)(H,23,24)(H,25,27);2*(H,6,7). The maximum atomic E-state index is 12.2. The highest BCUT2D eigenvalue weighted by molar-refractivity contribution is 5.95. The molecule has 8 N–H and O–H groups in total. The number of alkyl halides is 6. The Morgan fingerprint density at radius 3 is 1.88 bits per heavy atom. The number of carboxylic acids is 2. The Hall–Kier alpha value is -5.09. The second-order valence-corrected chi connectivity index (χ2v) is 7.74. The van der Waals surface area contributed by atoms with Crippen LogP contribution in [0.5, 0.6) is 5.75 Å². The van der Waals surface area contributed by atoms with Crippen molar-refractivity contribution in [3.05, 3.63) is 71.5 Å². The van der Waals surface area contributed by atoms with E-state index in [4.69, 9.17) is 30.9 Å². The van der Waals surface area contributed by atoms with Gasteiger partial charge in [0.25, 0.3) is 5.91 Å². The molecule has 2 aromatic carbocycles. The molecule has 0 spiro atoms. The molecule has 1 heterocycles. The van der Waals surface area contributed by atoms with Crippen molar-refractivity contribution in [3.63, 3.8) is 0 Å². The second-order valence-electron chi connectivity index (χ2n) is 7.74. The molecule has 0 aliphatic carbocycles. The van der Waals surface area contributed by atoms with Crippen LogP contribution in [0.3, 0.4) is 0 Å². The highest BCUT2D eigenvalue weighted by atomic mass is 19.4. The van der Waals surface area contributed by atoms with E-state index in [2.05, 4.69) is 15.3 Å². The van der Waals surface area contributed by atoms with Crippen LogP contribution < -0.4 is 11.1 Å². The second kappa shape index (κ2) is 14.9. The van der Waals surface area contributed by atoms with Crippen LogP contribution in [0, 0.1) is 5.41 Å². The number of aryl methyl sites for hydroxylation is 1. The van der Waals surface area contributed by atoms with E-state index in [0.717, 1.165) is 11.4 Å². The maximum absolute atomic E-state index is 12.2. The van der Waals surface area contributed by atoms with Gasteiger partial charge in [0, 0.05) is 35.6 Å². The Bertz CT molecular complexity index is 1300. The Labute approximate surface area is 227 Å². The van der Waals surface area contributed by atoms with Gasteiger partial charge in [-0.3, -0.25) is 10.2 Å². The van der Waals surface area contributed by atoms with E-state index in [1.807, 2.05) is 12.1 Å². The number of nitrogens with zero attached hydrogens (tertiary/aromatic N) is 1. The molecule has 0 saturated carbocycles. The van der Waals surface area contributed by atoms with Gasteiger partial charge in [-0.15, -0.1) is 0 Å². The first-order valence-corrected chi connectivity index (χ1v) is 11.1. The molecule has 1 aromatic heterocycles. The predicted molar refractivity (Wildman–Crippen MR) is 131 cm³/mol. The van der Waals surface area contributed by atoms with Crippen LogP contribution in [0.1, 0.15) is 27.9 Å². The summed E-state index contributed by atoms with van der Waals surface area (Å²) in [6.45, 7) is 0.475. The van der Waals surface area contributed by atoms with Crippen molar-refractivity contribution in [1.82, 2.24) is 15.3 Å². The minimum atomic E-state index is -5.08. The number of amidine groups is 1. The van der Waals surface area contributed by atoms with Crippen LogP contribution in [0.2, 0.25) is 0 Å². The average molecular weight is 591 g/mol. The molecule has 0 bridgehead atoms. The first-order chi connectivity index (χ1) is 18.9. The molecule has 0 unspecified atom stereocenters. The van der Waals surface area contributed by atoms with E-state index >= 15 is 0 Å². The molecule has 0 saturated heterocycles. The van der Waals surface area contributed by atoms with Crippen molar-refractivity contribution >= 4 is 23.7 Å². The van der Waals surface area contributed by atoms with Crippen molar-refractivity contribution in [1.29, 1.82) is 5.41 Å². The molecule has 17 heteroatoms. The number of amides is 1. The van der Waals surface area contributed by atoms with Gasteiger partial charge in [0.1, 0.15) is 17.4 Å². The molecular weight excluding hydrogens is 568 g/mol. The number of carboxylic acid groups (broad SMARTS) is 2. The molecule has 41 heavy (non-hydrogen) atoms. The lowest BCUT2D eigenvalue weighted by molar-refractivity contribution is -0.193. The number of carbonyl (C=O) groups excluding carboxylic acids is 1. The lowest BCUT2D eigenvalue weighted by Gasteiger charge is -2.08. The highest BCUT2D eigenvalue weighted by Gasteiger charge is 2.38. The molecule has 0 radical (unpaired) electrons. The number of nitrogens with one attached hydrogen (secondary N) is 3. The minimum Gasteiger partial charge on any atom is -0.508 e. The van der Waals surface area contributed by atoms with E-state index in [9.17, 15) is 36.2 Å². The van der Waals surface area contributed by atoms with Gasteiger partial charge in [-0.1, -0.05) is 12.1 Å². The SMILES string of the molecule is N=C(N)c1ccc(O)c(CCCNC(=O)c2ccc(-c3ncc[nH]3)cc2)c1.O=C(O)C(F)(F)F.O=C(O)C(F)(F)F. The van der Waals surface area contributed by atoms with Gasteiger partial charge in [0.2, 0.25) is 0 Å². The van der Waals surface area contributed by atoms with Crippen molar-refractivity contribution in [2.75, 3.05) is 6.54 Å². The number of halogens is 6. The summed E-state index contributed by atoms with van der Waals surface area (Å²) in [7, 11) is 0. The third-order valence-corrected chi connectivity index (χ3v) is 4.70. The number of aromatic amines is 1. The Morgan fingerprint density at radius 1 is 0.927 bits per heavy atom. The van der Waals surface area contributed by atoms with Crippen molar-refractivity contribution in [2.45, 2.75) is 25.2 Å². The van der Waals surface area contributed by atoms with E-state index in [-0.39, 0.29) is 17.5 Å². The topological polar surface area (TPSA) is 202 Å².